The van der Waals surface area contributed by atoms with Gasteiger partial charge >= 0.3 is 0 Å². The average molecular weight is 384 g/mol. The number of hydrogen-bond donors (Lipinski definition) is 1. The fourth-order valence-corrected chi connectivity index (χ4v) is 4.50. The molecule has 1 unspecified atom stereocenters. The van der Waals surface area contributed by atoms with Crippen LogP contribution in [0.5, 0.6) is 0 Å². The third kappa shape index (κ3) is 3.50. The molecule has 1 atom stereocenters. The fraction of sp³-hybridized carbons (Fsp3) is 0.250. The average Bonchev–Trinajstić information content (AvgIpc) is 3.08. The molecule has 1 N–H and O–H groups in total. The van der Waals surface area contributed by atoms with E-state index in [-0.39, 0.29) is 11.8 Å². The molecule has 1 amide bonds. The van der Waals surface area contributed by atoms with Gasteiger partial charge < -0.3 is 5.32 Å². The van der Waals surface area contributed by atoms with Gasteiger partial charge in [-0.05, 0) is 56.0 Å². The van der Waals surface area contributed by atoms with Crippen LogP contribution in [0.3, 0.4) is 0 Å². The lowest BCUT2D eigenvalue weighted by Gasteiger charge is -2.21. The van der Waals surface area contributed by atoms with Crippen LogP contribution < -0.4 is 5.32 Å². The second kappa shape index (κ2) is 7.17. The topological polar surface area (TPSA) is 54.9 Å². The van der Waals surface area contributed by atoms with Gasteiger partial charge in [0.2, 0.25) is 5.91 Å². The van der Waals surface area contributed by atoms with Gasteiger partial charge in [-0.2, -0.15) is 0 Å². The molecule has 0 radical (unpaired) electrons. The lowest BCUT2D eigenvalue weighted by Crippen LogP contribution is -2.28. The Bertz CT molecular complexity index is 955. The van der Waals surface area contributed by atoms with Gasteiger partial charge in [-0.15, -0.1) is 11.3 Å². The summed E-state index contributed by atoms with van der Waals surface area (Å²) in [4.78, 5) is 23.0. The highest BCUT2D eigenvalue weighted by atomic mass is 35.5. The van der Waals surface area contributed by atoms with Crippen molar-refractivity contribution in [2.75, 3.05) is 5.32 Å². The predicted octanol–water partition coefficient (Wildman–Crippen LogP) is 4.91. The zero-order valence-corrected chi connectivity index (χ0v) is 15.9. The first-order valence-corrected chi connectivity index (χ1v) is 9.76. The molecule has 0 spiro atoms. The minimum atomic E-state index is -0.0436. The maximum atomic E-state index is 12.7. The number of amides is 1. The molecule has 4 rings (SSSR count). The number of thiazole rings is 1. The Morgan fingerprint density at radius 2 is 2.19 bits per heavy atom. The van der Waals surface area contributed by atoms with Gasteiger partial charge in [-0.25, -0.2) is 4.98 Å². The molecular weight excluding hydrogens is 366 g/mol. The quantitative estimate of drug-likeness (QED) is 0.699. The maximum absolute atomic E-state index is 12.7. The highest BCUT2D eigenvalue weighted by Gasteiger charge is 2.28. The molecule has 2 aromatic heterocycles. The van der Waals surface area contributed by atoms with Crippen LogP contribution in [0.1, 0.15) is 22.6 Å². The third-order valence-corrected chi connectivity index (χ3v) is 6.03. The number of carbonyl (C=O) groups is 1. The number of benzene rings is 1. The predicted molar refractivity (Wildman–Crippen MR) is 106 cm³/mol. The summed E-state index contributed by atoms with van der Waals surface area (Å²) in [5, 5.41) is 4.60. The Morgan fingerprint density at radius 3 is 3.00 bits per heavy atom. The first-order chi connectivity index (χ1) is 12.6. The first-order valence-electron chi connectivity index (χ1n) is 8.57. The van der Waals surface area contributed by atoms with E-state index in [1.807, 2.05) is 37.3 Å². The van der Waals surface area contributed by atoms with E-state index in [4.69, 9.17) is 16.6 Å². The van der Waals surface area contributed by atoms with E-state index in [2.05, 4.69) is 10.3 Å². The number of pyridine rings is 1. The number of carbonyl (C=O) groups excluding carboxylic acids is 1. The highest BCUT2D eigenvalue weighted by molar-refractivity contribution is 7.15. The zero-order chi connectivity index (χ0) is 18.1. The van der Waals surface area contributed by atoms with E-state index >= 15 is 0 Å². The van der Waals surface area contributed by atoms with Gasteiger partial charge in [-0.1, -0.05) is 23.7 Å². The molecular formula is C20H18ClN3OS. The lowest BCUT2D eigenvalue weighted by atomic mass is 9.90. The summed E-state index contributed by atoms with van der Waals surface area (Å²) in [7, 11) is 0. The maximum Gasteiger partial charge on any atom is 0.227 e. The largest absolute Gasteiger partial charge is 0.326 e. The van der Waals surface area contributed by atoms with Crippen molar-refractivity contribution in [1.82, 2.24) is 9.97 Å². The summed E-state index contributed by atoms with van der Waals surface area (Å²) in [6.45, 7) is 1.97. The van der Waals surface area contributed by atoms with E-state index < -0.39 is 0 Å². The normalized spacial score (nSPS) is 16.2. The molecule has 0 bridgehead atoms. The van der Waals surface area contributed by atoms with Crippen molar-refractivity contribution in [2.24, 2.45) is 5.92 Å². The molecule has 3 aromatic rings. The van der Waals surface area contributed by atoms with Crippen LogP contribution in [0.2, 0.25) is 5.02 Å². The summed E-state index contributed by atoms with van der Waals surface area (Å²) in [6.07, 6.45) is 4.14. The molecule has 0 saturated heterocycles. The SMILES string of the molecule is Cc1ccc(Cl)cc1NC(=O)C1CCc2nc(-c3ccccn3)sc2C1. The van der Waals surface area contributed by atoms with Gasteiger partial charge in [0.1, 0.15) is 5.01 Å². The minimum absolute atomic E-state index is 0.0436. The molecule has 1 aromatic carbocycles. The second-order valence-electron chi connectivity index (χ2n) is 6.49. The molecule has 1 aliphatic carbocycles. The molecule has 6 heteroatoms. The molecule has 0 aliphatic heterocycles. The number of fused-ring (bicyclic) bond motifs is 1. The highest BCUT2D eigenvalue weighted by Crippen LogP contribution is 2.34. The standard InChI is InChI=1S/C20H18ClN3OS/c1-12-5-7-14(21)11-17(12)23-19(25)13-6-8-15-18(10-13)26-20(24-15)16-4-2-3-9-22-16/h2-5,7,9,11,13H,6,8,10H2,1H3,(H,23,25). The number of hydrogen-bond acceptors (Lipinski definition) is 4. The van der Waals surface area contributed by atoms with Crippen molar-refractivity contribution in [3.8, 4) is 10.7 Å². The monoisotopic (exact) mass is 383 g/mol. The van der Waals surface area contributed by atoms with Crippen LogP contribution in [0, 0.1) is 12.8 Å². The summed E-state index contributed by atoms with van der Waals surface area (Å²) in [5.41, 5.74) is 3.79. The third-order valence-electron chi connectivity index (χ3n) is 4.65. The van der Waals surface area contributed by atoms with Gasteiger partial charge in [0.15, 0.2) is 0 Å². The number of aromatic nitrogens is 2. The smallest absolute Gasteiger partial charge is 0.227 e. The van der Waals surface area contributed by atoms with E-state index in [1.54, 1.807) is 23.6 Å². The number of nitrogens with zero attached hydrogens (tertiary/aromatic N) is 2. The van der Waals surface area contributed by atoms with Crippen LogP contribution in [0.25, 0.3) is 10.7 Å². The number of aryl methyl sites for hydroxylation is 2. The van der Waals surface area contributed by atoms with Crippen molar-refractivity contribution >= 4 is 34.5 Å². The molecule has 1 aliphatic rings. The summed E-state index contributed by atoms with van der Waals surface area (Å²) in [5.74, 6) is 0.00622. The van der Waals surface area contributed by atoms with Crippen molar-refractivity contribution in [3.63, 3.8) is 0 Å². The van der Waals surface area contributed by atoms with E-state index in [1.165, 1.54) is 4.88 Å². The van der Waals surface area contributed by atoms with Crippen LogP contribution in [-0.4, -0.2) is 15.9 Å². The molecule has 2 heterocycles. The Morgan fingerprint density at radius 1 is 1.31 bits per heavy atom. The number of anilines is 1. The van der Waals surface area contributed by atoms with Gasteiger partial charge in [0.05, 0.1) is 11.4 Å². The Balaban J connectivity index is 1.50. The van der Waals surface area contributed by atoms with Crippen LogP contribution in [0.4, 0.5) is 5.69 Å². The summed E-state index contributed by atoms with van der Waals surface area (Å²) < 4.78 is 0. The van der Waals surface area contributed by atoms with E-state index in [0.29, 0.717) is 5.02 Å². The van der Waals surface area contributed by atoms with Gasteiger partial charge in [0.25, 0.3) is 0 Å². The summed E-state index contributed by atoms with van der Waals surface area (Å²) >= 11 is 7.70. The zero-order valence-electron chi connectivity index (χ0n) is 14.3. The fourth-order valence-electron chi connectivity index (χ4n) is 3.16. The minimum Gasteiger partial charge on any atom is -0.326 e. The Labute approximate surface area is 161 Å². The lowest BCUT2D eigenvalue weighted by molar-refractivity contribution is -0.120. The van der Waals surface area contributed by atoms with Crippen LogP contribution in [0.15, 0.2) is 42.6 Å². The molecule has 26 heavy (non-hydrogen) atoms. The van der Waals surface area contributed by atoms with Gasteiger partial charge in [0, 0.05) is 27.7 Å². The number of nitrogens with one attached hydrogen (secondary N) is 1. The molecule has 0 fully saturated rings. The summed E-state index contributed by atoms with van der Waals surface area (Å²) in [6, 6.07) is 11.4. The van der Waals surface area contributed by atoms with E-state index in [9.17, 15) is 4.79 Å². The molecule has 0 saturated carbocycles. The number of halogens is 1. The Kier molecular flexibility index (Phi) is 4.74. The van der Waals surface area contributed by atoms with Crippen molar-refractivity contribution < 1.29 is 4.79 Å². The van der Waals surface area contributed by atoms with Crippen LogP contribution in [-0.2, 0) is 17.6 Å². The second-order valence-corrected chi connectivity index (χ2v) is 8.01. The van der Waals surface area contributed by atoms with Crippen LogP contribution >= 0.6 is 22.9 Å². The van der Waals surface area contributed by atoms with E-state index in [0.717, 1.165) is 46.9 Å². The van der Waals surface area contributed by atoms with Crippen molar-refractivity contribution in [3.05, 3.63) is 63.8 Å². The van der Waals surface area contributed by atoms with Crippen molar-refractivity contribution in [2.45, 2.75) is 26.2 Å². The number of rotatable bonds is 3. The molecule has 4 nitrogen and oxygen atoms in total. The molecule has 132 valence electrons. The Hall–Kier alpha value is -2.24. The first kappa shape index (κ1) is 17.2. The van der Waals surface area contributed by atoms with Gasteiger partial charge in [-0.3, -0.25) is 9.78 Å². The van der Waals surface area contributed by atoms with Crippen molar-refractivity contribution in [1.29, 1.82) is 0 Å².